The topological polar surface area (TPSA) is 54.0 Å². The molecule has 0 unspecified atom stereocenters. The highest BCUT2D eigenvalue weighted by atomic mass is 16.1. The molecule has 1 amide bonds. The number of pyridine rings is 1. The summed E-state index contributed by atoms with van der Waals surface area (Å²) in [5.41, 5.74) is 1.15. The molecule has 1 heterocycles. The molecule has 82 valence electrons. The lowest BCUT2D eigenvalue weighted by molar-refractivity contribution is -0.118. The van der Waals surface area contributed by atoms with Crippen LogP contribution >= 0.6 is 0 Å². The first-order chi connectivity index (χ1) is 7.20. The SMILES string of the molecule is CC(=O)NCCN[C@@H](C)c1cccnc1. The first-order valence-electron chi connectivity index (χ1n) is 5.08. The van der Waals surface area contributed by atoms with Crippen LogP contribution in [0.4, 0.5) is 0 Å². The van der Waals surface area contributed by atoms with E-state index >= 15 is 0 Å². The zero-order chi connectivity index (χ0) is 11.1. The van der Waals surface area contributed by atoms with E-state index in [0.717, 1.165) is 12.1 Å². The summed E-state index contributed by atoms with van der Waals surface area (Å²) in [4.78, 5) is 14.7. The first-order valence-corrected chi connectivity index (χ1v) is 5.08. The number of amides is 1. The van der Waals surface area contributed by atoms with Crippen LogP contribution in [0.3, 0.4) is 0 Å². The second-order valence-corrected chi connectivity index (χ2v) is 3.45. The fraction of sp³-hybridized carbons (Fsp3) is 0.455. The number of hydrogen-bond acceptors (Lipinski definition) is 3. The Balaban J connectivity index is 2.25. The average Bonchev–Trinajstić information content (AvgIpc) is 2.25. The monoisotopic (exact) mass is 207 g/mol. The van der Waals surface area contributed by atoms with Gasteiger partial charge in [0.25, 0.3) is 0 Å². The minimum Gasteiger partial charge on any atom is -0.355 e. The van der Waals surface area contributed by atoms with Gasteiger partial charge in [-0.3, -0.25) is 9.78 Å². The molecule has 1 atom stereocenters. The van der Waals surface area contributed by atoms with Crippen LogP contribution < -0.4 is 10.6 Å². The molecule has 2 N–H and O–H groups in total. The molecule has 4 nitrogen and oxygen atoms in total. The largest absolute Gasteiger partial charge is 0.355 e. The molecule has 0 aliphatic rings. The van der Waals surface area contributed by atoms with Crippen molar-refractivity contribution in [2.45, 2.75) is 19.9 Å². The molecule has 1 rings (SSSR count). The molecule has 1 aromatic heterocycles. The molecule has 0 bridgehead atoms. The zero-order valence-electron chi connectivity index (χ0n) is 9.16. The lowest BCUT2D eigenvalue weighted by Crippen LogP contribution is -2.31. The van der Waals surface area contributed by atoms with Gasteiger partial charge >= 0.3 is 0 Å². The molecule has 1 aromatic rings. The van der Waals surface area contributed by atoms with Gasteiger partial charge in [-0.2, -0.15) is 0 Å². The summed E-state index contributed by atoms with van der Waals surface area (Å²) in [6.07, 6.45) is 3.60. The van der Waals surface area contributed by atoms with Crippen LogP contribution in [0.5, 0.6) is 0 Å². The van der Waals surface area contributed by atoms with E-state index in [-0.39, 0.29) is 11.9 Å². The van der Waals surface area contributed by atoms with Crippen molar-refractivity contribution in [1.82, 2.24) is 15.6 Å². The Labute approximate surface area is 90.1 Å². The van der Waals surface area contributed by atoms with E-state index in [0.29, 0.717) is 6.54 Å². The number of nitrogens with one attached hydrogen (secondary N) is 2. The van der Waals surface area contributed by atoms with Gasteiger partial charge in [0.05, 0.1) is 0 Å². The summed E-state index contributed by atoms with van der Waals surface area (Å²) in [5.74, 6) is 0.00540. The van der Waals surface area contributed by atoms with Crippen molar-refractivity contribution in [2.24, 2.45) is 0 Å². The van der Waals surface area contributed by atoms with Gasteiger partial charge in [0.15, 0.2) is 0 Å². The Bertz CT molecular complexity index is 300. The molecular weight excluding hydrogens is 190 g/mol. The molecule has 4 heteroatoms. The van der Waals surface area contributed by atoms with Crippen molar-refractivity contribution in [1.29, 1.82) is 0 Å². The zero-order valence-corrected chi connectivity index (χ0v) is 9.16. The van der Waals surface area contributed by atoms with Gasteiger partial charge in [-0.1, -0.05) is 6.07 Å². The number of carbonyl (C=O) groups excluding carboxylic acids is 1. The van der Waals surface area contributed by atoms with E-state index in [1.807, 2.05) is 18.3 Å². The van der Waals surface area contributed by atoms with Crippen LogP contribution in [-0.2, 0) is 4.79 Å². The molecule has 0 aliphatic carbocycles. The van der Waals surface area contributed by atoms with Gasteiger partial charge in [0.1, 0.15) is 0 Å². The summed E-state index contributed by atoms with van der Waals surface area (Å²) in [7, 11) is 0. The maximum atomic E-state index is 10.6. The molecule has 15 heavy (non-hydrogen) atoms. The highest BCUT2D eigenvalue weighted by Crippen LogP contribution is 2.08. The van der Waals surface area contributed by atoms with Crippen LogP contribution in [0.2, 0.25) is 0 Å². The Hall–Kier alpha value is -1.42. The van der Waals surface area contributed by atoms with Gasteiger partial charge in [-0.15, -0.1) is 0 Å². The molecule has 0 saturated carbocycles. The maximum absolute atomic E-state index is 10.6. The van der Waals surface area contributed by atoms with Crippen LogP contribution in [0.1, 0.15) is 25.5 Å². The fourth-order valence-electron chi connectivity index (χ4n) is 1.28. The van der Waals surface area contributed by atoms with E-state index in [1.54, 1.807) is 6.20 Å². The van der Waals surface area contributed by atoms with Gasteiger partial charge in [0.2, 0.25) is 5.91 Å². The van der Waals surface area contributed by atoms with E-state index in [1.165, 1.54) is 6.92 Å². The Morgan fingerprint density at radius 1 is 1.53 bits per heavy atom. The third kappa shape index (κ3) is 4.56. The summed E-state index contributed by atoms with van der Waals surface area (Å²) >= 11 is 0. The summed E-state index contributed by atoms with van der Waals surface area (Å²) in [6, 6.07) is 4.21. The Morgan fingerprint density at radius 2 is 2.33 bits per heavy atom. The second-order valence-electron chi connectivity index (χ2n) is 3.45. The summed E-state index contributed by atoms with van der Waals surface area (Å²) in [6.45, 7) is 5.00. The Kier molecular flexibility index (Phi) is 4.77. The molecule has 0 spiro atoms. The molecular formula is C11H17N3O. The summed E-state index contributed by atoms with van der Waals surface area (Å²) < 4.78 is 0. The standard InChI is InChI=1S/C11H17N3O/c1-9(11-4-3-5-12-8-11)13-6-7-14-10(2)15/h3-5,8-9,13H,6-7H2,1-2H3,(H,14,15)/t9-/m0/s1. The number of nitrogens with zero attached hydrogens (tertiary/aromatic N) is 1. The van der Waals surface area contributed by atoms with E-state index in [2.05, 4.69) is 22.5 Å². The number of hydrogen-bond donors (Lipinski definition) is 2. The van der Waals surface area contributed by atoms with Crippen molar-refractivity contribution in [3.8, 4) is 0 Å². The minimum atomic E-state index is 0.00540. The van der Waals surface area contributed by atoms with Crippen molar-refractivity contribution in [3.63, 3.8) is 0 Å². The molecule has 0 aromatic carbocycles. The van der Waals surface area contributed by atoms with Crippen LogP contribution in [0, 0.1) is 0 Å². The summed E-state index contributed by atoms with van der Waals surface area (Å²) in [5, 5.41) is 6.03. The van der Waals surface area contributed by atoms with Crippen molar-refractivity contribution in [3.05, 3.63) is 30.1 Å². The highest BCUT2D eigenvalue weighted by Gasteiger charge is 2.03. The second kappa shape index (κ2) is 6.14. The third-order valence-electron chi connectivity index (χ3n) is 2.13. The van der Waals surface area contributed by atoms with Crippen molar-refractivity contribution in [2.75, 3.05) is 13.1 Å². The van der Waals surface area contributed by atoms with E-state index in [4.69, 9.17) is 0 Å². The lowest BCUT2D eigenvalue weighted by Gasteiger charge is -2.13. The van der Waals surface area contributed by atoms with Crippen LogP contribution in [0.15, 0.2) is 24.5 Å². The van der Waals surface area contributed by atoms with E-state index in [9.17, 15) is 4.79 Å². The van der Waals surface area contributed by atoms with Crippen LogP contribution in [-0.4, -0.2) is 24.0 Å². The lowest BCUT2D eigenvalue weighted by atomic mass is 10.1. The molecule has 0 saturated heterocycles. The number of aromatic nitrogens is 1. The smallest absolute Gasteiger partial charge is 0.216 e. The van der Waals surface area contributed by atoms with Gasteiger partial charge in [-0.05, 0) is 18.6 Å². The van der Waals surface area contributed by atoms with Crippen molar-refractivity contribution < 1.29 is 4.79 Å². The van der Waals surface area contributed by atoms with E-state index < -0.39 is 0 Å². The average molecular weight is 207 g/mol. The molecule has 0 radical (unpaired) electrons. The molecule has 0 aliphatic heterocycles. The predicted octanol–water partition coefficient (Wildman–Crippen LogP) is 0.868. The third-order valence-corrected chi connectivity index (χ3v) is 2.13. The minimum absolute atomic E-state index is 0.00540. The number of carbonyl (C=O) groups is 1. The van der Waals surface area contributed by atoms with Gasteiger partial charge < -0.3 is 10.6 Å². The van der Waals surface area contributed by atoms with Gasteiger partial charge in [0, 0.05) is 38.4 Å². The van der Waals surface area contributed by atoms with Crippen molar-refractivity contribution >= 4 is 5.91 Å². The fourth-order valence-corrected chi connectivity index (χ4v) is 1.28. The molecule has 0 fully saturated rings. The highest BCUT2D eigenvalue weighted by molar-refractivity contribution is 5.72. The van der Waals surface area contributed by atoms with Crippen LogP contribution in [0.25, 0.3) is 0 Å². The normalized spacial score (nSPS) is 12.1. The predicted molar refractivity (Wildman–Crippen MR) is 59.3 cm³/mol. The maximum Gasteiger partial charge on any atom is 0.216 e. The first kappa shape index (κ1) is 11.7. The Morgan fingerprint density at radius 3 is 2.93 bits per heavy atom. The van der Waals surface area contributed by atoms with Gasteiger partial charge in [-0.25, -0.2) is 0 Å². The quantitative estimate of drug-likeness (QED) is 0.704. The number of rotatable bonds is 5.